The summed E-state index contributed by atoms with van der Waals surface area (Å²) in [6.45, 7) is 1.90. The van der Waals surface area contributed by atoms with Gasteiger partial charge in [-0.1, -0.05) is 5.16 Å². The zero-order chi connectivity index (χ0) is 12.0. The molecule has 0 fully saturated rings. The minimum absolute atomic E-state index is 0.102. The van der Waals surface area contributed by atoms with E-state index in [-0.39, 0.29) is 17.6 Å². The molecule has 0 saturated heterocycles. The van der Waals surface area contributed by atoms with Gasteiger partial charge in [-0.2, -0.15) is 9.36 Å². The number of carboxylic acid groups (broad SMARTS) is 1. The lowest BCUT2D eigenvalue weighted by molar-refractivity contribution is -0.129. The van der Waals surface area contributed by atoms with Crippen LogP contribution < -0.4 is 5.32 Å². The van der Waals surface area contributed by atoms with Crippen LogP contribution in [-0.4, -0.2) is 39.2 Å². The zero-order valence-electron chi connectivity index (χ0n) is 8.21. The maximum atomic E-state index is 10.8. The second kappa shape index (κ2) is 5.75. The Labute approximate surface area is 94.1 Å². The Kier molecular flexibility index (Phi) is 4.33. The first kappa shape index (κ1) is 12.0. The molecule has 0 saturated carbocycles. The molecule has 2 N–H and O–H groups in total. The molecular weight excluding hydrogens is 236 g/mol. The molecule has 0 spiro atoms. The predicted molar refractivity (Wildman–Crippen MR) is 55.4 cm³/mol. The molecular formula is C7H8N4O4S. The van der Waals surface area contributed by atoms with Crippen LogP contribution in [0.5, 0.6) is 0 Å². The lowest BCUT2D eigenvalue weighted by atomic mass is 10.4. The third-order valence-electron chi connectivity index (χ3n) is 1.31. The van der Waals surface area contributed by atoms with Crippen molar-refractivity contribution in [2.45, 2.75) is 6.92 Å². The molecule has 0 aliphatic rings. The summed E-state index contributed by atoms with van der Waals surface area (Å²) in [5, 5.41) is 14.6. The second-order valence-electron chi connectivity index (χ2n) is 2.35. The fourth-order valence-electron chi connectivity index (χ4n) is 0.733. The van der Waals surface area contributed by atoms with Crippen LogP contribution >= 0.6 is 11.5 Å². The van der Waals surface area contributed by atoms with Crippen molar-refractivity contribution >= 4 is 34.8 Å². The molecule has 1 heterocycles. The minimum atomic E-state index is -1.30. The van der Waals surface area contributed by atoms with Gasteiger partial charge in [0, 0.05) is 11.5 Å². The molecule has 0 unspecified atom stereocenters. The van der Waals surface area contributed by atoms with E-state index in [0.29, 0.717) is 6.41 Å². The number of aliphatic carboxylic acids is 1. The van der Waals surface area contributed by atoms with E-state index < -0.39 is 11.7 Å². The van der Waals surface area contributed by atoms with Crippen LogP contribution in [-0.2, 0) is 14.4 Å². The van der Waals surface area contributed by atoms with Gasteiger partial charge in [-0.15, -0.1) is 0 Å². The van der Waals surface area contributed by atoms with Gasteiger partial charge in [-0.05, 0) is 6.92 Å². The molecule has 86 valence electrons. The number of nitrogens with zero attached hydrogens (tertiary/aromatic N) is 3. The number of hydrogen-bond acceptors (Lipinski definition) is 7. The maximum Gasteiger partial charge on any atom is 0.362 e. The number of carbonyl (C=O) groups is 2. The predicted octanol–water partition coefficient (Wildman–Crippen LogP) is -0.0684. The first-order valence-corrected chi connectivity index (χ1v) is 4.93. The van der Waals surface area contributed by atoms with Gasteiger partial charge < -0.3 is 15.3 Å². The van der Waals surface area contributed by atoms with E-state index in [1.807, 2.05) is 0 Å². The first-order chi connectivity index (χ1) is 7.69. The van der Waals surface area contributed by atoms with Crippen LogP contribution in [0.2, 0.25) is 0 Å². The van der Waals surface area contributed by atoms with Crippen LogP contribution in [0.1, 0.15) is 12.7 Å². The normalized spacial score (nSPS) is 10.9. The summed E-state index contributed by atoms with van der Waals surface area (Å²) in [6.07, 6.45) is 0.421. The van der Waals surface area contributed by atoms with Gasteiger partial charge in [-0.3, -0.25) is 4.79 Å². The van der Waals surface area contributed by atoms with E-state index in [0.717, 1.165) is 11.5 Å². The largest absolute Gasteiger partial charge is 0.476 e. The molecule has 1 aromatic heterocycles. The van der Waals surface area contributed by atoms with Crippen LogP contribution in [0.25, 0.3) is 0 Å². The number of aromatic nitrogens is 2. The molecule has 8 nitrogen and oxygen atoms in total. The quantitative estimate of drug-likeness (QED) is 0.411. The lowest BCUT2D eigenvalue weighted by Gasteiger charge is -1.95. The van der Waals surface area contributed by atoms with E-state index >= 15 is 0 Å². The molecule has 9 heteroatoms. The van der Waals surface area contributed by atoms with Gasteiger partial charge in [-0.25, -0.2) is 4.79 Å². The number of hydrogen-bond donors (Lipinski definition) is 2. The van der Waals surface area contributed by atoms with E-state index in [4.69, 9.17) is 5.11 Å². The van der Waals surface area contributed by atoms with Gasteiger partial charge in [0.1, 0.15) is 6.61 Å². The third kappa shape index (κ3) is 2.98. The lowest BCUT2D eigenvalue weighted by Crippen LogP contribution is -2.16. The Morgan fingerprint density at radius 1 is 1.75 bits per heavy atom. The van der Waals surface area contributed by atoms with Crippen molar-refractivity contribution in [3.05, 3.63) is 5.82 Å². The second-order valence-corrected chi connectivity index (χ2v) is 3.10. The summed E-state index contributed by atoms with van der Waals surface area (Å²) in [7, 11) is 0. The zero-order valence-corrected chi connectivity index (χ0v) is 9.02. The molecule has 0 radical (unpaired) electrons. The number of amides is 1. The van der Waals surface area contributed by atoms with Crippen molar-refractivity contribution in [2.24, 2.45) is 5.16 Å². The smallest absolute Gasteiger partial charge is 0.362 e. The standard InChI is InChI=1S/C7H8N4O4S/c1-2-15-10-4(6(13)14)5-9-7(8-3-12)16-11-5/h3H,2H2,1H3,(H,13,14)(H,8,9,11,12)/b10-4-. The highest BCUT2D eigenvalue weighted by Crippen LogP contribution is 2.10. The van der Waals surface area contributed by atoms with Gasteiger partial charge in [0.15, 0.2) is 0 Å². The fraction of sp³-hybridized carbons (Fsp3) is 0.286. The van der Waals surface area contributed by atoms with E-state index in [1.165, 1.54) is 0 Å². The number of anilines is 1. The topological polar surface area (TPSA) is 114 Å². The van der Waals surface area contributed by atoms with Crippen molar-refractivity contribution in [3.63, 3.8) is 0 Å². The number of carbonyl (C=O) groups excluding carboxylic acids is 1. The Hall–Kier alpha value is -2.03. The molecule has 0 aliphatic carbocycles. The van der Waals surface area contributed by atoms with Gasteiger partial charge in [0.2, 0.25) is 23.1 Å². The summed E-state index contributed by atoms with van der Waals surface area (Å²) >= 11 is 0.850. The molecule has 0 bridgehead atoms. The summed E-state index contributed by atoms with van der Waals surface area (Å²) in [5.74, 6) is -1.40. The first-order valence-electron chi connectivity index (χ1n) is 4.16. The van der Waals surface area contributed by atoms with E-state index in [2.05, 4.69) is 24.7 Å². The van der Waals surface area contributed by atoms with Gasteiger partial charge >= 0.3 is 5.97 Å². The molecule has 16 heavy (non-hydrogen) atoms. The Morgan fingerprint density at radius 2 is 2.50 bits per heavy atom. The number of rotatable bonds is 6. The highest BCUT2D eigenvalue weighted by atomic mass is 32.1. The Balaban J connectivity index is 2.92. The number of nitrogens with one attached hydrogen (secondary N) is 1. The maximum absolute atomic E-state index is 10.8. The number of carboxylic acids is 1. The minimum Gasteiger partial charge on any atom is -0.476 e. The summed E-state index contributed by atoms with van der Waals surface area (Å²) in [4.78, 5) is 29.3. The summed E-state index contributed by atoms with van der Waals surface area (Å²) in [6, 6.07) is 0. The fourth-order valence-corrected chi connectivity index (χ4v) is 1.26. The van der Waals surface area contributed by atoms with E-state index in [9.17, 15) is 9.59 Å². The van der Waals surface area contributed by atoms with Crippen molar-refractivity contribution in [2.75, 3.05) is 11.9 Å². The molecule has 0 atom stereocenters. The molecule has 1 amide bonds. The van der Waals surface area contributed by atoms with Crippen LogP contribution in [0.15, 0.2) is 5.16 Å². The summed E-state index contributed by atoms with van der Waals surface area (Å²) < 4.78 is 3.73. The molecule has 1 aromatic rings. The highest BCUT2D eigenvalue weighted by molar-refractivity contribution is 7.10. The average Bonchev–Trinajstić information content (AvgIpc) is 2.67. The highest BCUT2D eigenvalue weighted by Gasteiger charge is 2.19. The van der Waals surface area contributed by atoms with Crippen LogP contribution in [0, 0.1) is 0 Å². The van der Waals surface area contributed by atoms with Gasteiger partial charge in [0.25, 0.3) is 0 Å². The van der Waals surface area contributed by atoms with Crippen molar-refractivity contribution in [1.82, 2.24) is 9.36 Å². The average molecular weight is 244 g/mol. The number of oxime groups is 1. The molecule has 0 aliphatic heterocycles. The van der Waals surface area contributed by atoms with E-state index in [1.54, 1.807) is 6.92 Å². The Morgan fingerprint density at radius 3 is 3.06 bits per heavy atom. The SMILES string of the molecule is CCO/N=C(\C(=O)O)c1nsc(NC=O)n1. The third-order valence-corrected chi connectivity index (χ3v) is 1.95. The monoisotopic (exact) mass is 244 g/mol. The van der Waals surface area contributed by atoms with Crippen molar-refractivity contribution in [1.29, 1.82) is 0 Å². The van der Waals surface area contributed by atoms with Gasteiger partial charge in [0.05, 0.1) is 0 Å². The van der Waals surface area contributed by atoms with Crippen LogP contribution in [0.3, 0.4) is 0 Å². The molecule has 0 aromatic carbocycles. The summed E-state index contributed by atoms with van der Waals surface area (Å²) in [5.41, 5.74) is -0.406. The van der Waals surface area contributed by atoms with Crippen molar-refractivity contribution in [3.8, 4) is 0 Å². The molecule has 1 rings (SSSR count). The van der Waals surface area contributed by atoms with Crippen LogP contribution in [0.4, 0.5) is 5.13 Å². The Bertz CT molecular complexity index is 416. The van der Waals surface area contributed by atoms with Crippen molar-refractivity contribution < 1.29 is 19.5 Å².